The second kappa shape index (κ2) is 16.2. The Balaban J connectivity index is 0.00000312. The number of halogens is 2. The van der Waals surface area contributed by atoms with E-state index in [1.807, 2.05) is 0 Å². The number of rotatable bonds is 11. The summed E-state index contributed by atoms with van der Waals surface area (Å²) in [6, 6.07) is 22.3. The predicted octanol–water partition coefficient (Wildman–Crippen LogP) is 8.33. The van der Waals surface area contributed by atoms with Crippen molar-refractivity contribution >= 4 is 49.8 Å². The zero-order chi connectivity index (χ0) is 17.0. The van der Waals surface area contributed by atoms with Crippen molar-refractivity contribution in [3.63, 3.8) is 0 Å². The molecule has 2 unspecified atom stereocenters. The lowest BCUT2D eigenvalue weighted by atomic mass is 10.2. The van der Waals surface area contributed by atoms with Crippen LogP contribution < -0.4 is 0 Å². The van der Waals surface area contributed by atoms with Crippen LogP contribution in [-0.2, 0) is 12.3 Å². The van der Waals surface area contributed by atoms with E-state index in [1.165, 1.54) is 49.8 Å². The Labute approximate surface area is 184 Å². The maximum Gasteiger partial charge on any atom is -0.00730 e. The van der Waals surface area contributed by atoms with Crippen molar-refractivity contribution in [3.05, 3.63) is 71.8 Å². The van der Waals surface area contributed by atoms with Gasteiger partial charge in [-0.25, -0.2) is 0 Å². The van der Waals surface area contributed by atoms with E-state index in [-0.39, 0.29) is 49.8 Å². The molecule has 0 aliphatic rings. The SMILES string of the molecule is Br.Br.CCCP(CCP(CCC)Cc1ccccc1)Cc1ccccc1. The summed E-state index contributed by atoms with van der Waals surface area (Å²) >= 11 is 0. The Morgan fingerprint density at radius 3 is 1.19 bits per heavy atom. The molecule has 0 bridgehead atoms. The first-order valence-electron chi connectivity index (χ1n) is 9.34. The fourth-order valence-corrected chi connectivity index (χ4v) is 9.20. The number of hydrogen-bond acceptors (Lipinski definition) is 0. The molecule has 0 nitrogen and oxygen atoms in total. The average Bonchev–Trinajstić information content (AvgIpc) is 2.62. The van der Waals surface area contributed by atoms with Crippen LogP contribution in [-0.4, -0.2) is 24.6 Å². The molecule has 2 rings (SSSR count). The first-order chi connectivity index (χ1) is 11.8. The molecule has 0 aliphatic heterocycles. The highest BCUT2D eigenvalue weighted by atomic mass is 79.9. The molecule has 4 heteroatoms. The quantitative estimate of drug-likeness (QED) is 0.262. The molecule has 0 amide bonds. The van der Waals surface area contributed by atoms with Gasteiger partial charge in [-0.3, -0.25) is 0 Å². The van der Waals surface area contributed by atoms with Gasteiger partial charge < -0.3 is 0 Å². The molecule has 0 heterocycles. The summed E-state index contributed by atoms with van der Waals surface area (Å²) in [5, 5.41) is 0. The summed E-state index contributed by atoms with van der Waals surface area (Å²) in [4.78, 5) is 0. The van der Waals surface area contributed by atoms with Gasteiger partial charge in [0.15, 0.2) is 0 Å². The van der Waals surface area contributed by atoms with Gasteiger partial charge in [-0.1, -0.05) is 87.4 Å². The lowest BCUT2D eigenvalue weighted by molar-refractivity contribution is 1.07. The minimum atomic E-state index is 0. The first kappa shape index (κ1) is 26.3. The van der Waals surface area contributed by atoms with Crippen LogP contribution in [0.5, 0.6) is 0 Å². The van der Waals surface area contributed by atoms with Gasteiger partial charge in [-0.2, -0.15) is 0 Å². The number of hydrogen-bond donors (Lipinski definition) is 0. The highest BCUT2D eigenvalue weighted by Gasteiger charge is 2.13. The topological polar surface area (TPSA) is 0 Å². The monoisotopic (exact) mass is 518 g/mol. The lowest BCUT2D eigenvalue weighted by Crippen LogP contribution is -2.01. The molecule has 0 radical (unpaired) electrons. The van der Waals surface area contributed by atoms with E-state index in [1.54, 1.807) is 11.1 Å². The first-order valence-corrected chi connectivity index (χ1v) is 13.1. The van der Waals surface area contributed by atoms with Gasteiger partial charge >= 0.3 is 0 Å². The molecule has 2 atom stereocenters. The van der Waals surface area contributed by atoms with Gasteiger partial charge in [0.25, 0.3) is 0 Å². The van der Waals surface area contributed by atoms with Gasteiger partial charge in [-0.15, -0.1) is 49.8 Å². The van der Waals surface area contributed by atoms with Crippen LogP contribution in [0.3, 0.4) is 0 Å². The third-order valence-corrected chi connectivity index (χ3v) is 10.2. The van der Waals surface area contributed by atoms with E-state index in [2.05, 4.69) is 74.5 Å². The van der Waals surface area contributed by atoms with Crippen LogP contribution in [0, 0.1) is 0 Å². The van der Waals surface area contributed by atoms with Gasteiger partial charge in [0.05, 0.1) is 0 Å². The maximum atomic E-state index is 2.35. The normalized spacial score (nSPS) is 12.5. The van der Waals surface area contributed by atoms with Crippen molar-refractivity contribution < 1.29 is 0 Å². The highest BCUT2D eigenvalue weighted by Crippen LogP contribution is 2.47. The Morgan fingerprint density at radius 2 is 0.885 bits per heavy atom. The third-order valence-electron chi connectivity index (χ3n) is 4.31. The van der Waals surface area contributed by atoms with Crippen LogP contribution >= 0.6 is 49.8 Å². The van der Waals surface area contributed by atoms with Crippen LogP contribution in [0.25, 0.3) is 0 Å². The summed E-state index contributed by atoms with van der Waals surface area (Å²) in [5.74, 6) is 0. The molecular formula is C22H34Br2P2. The molecule has 146 valence electrons. The van der Waals surface area contributed by atoms with Crippen molar-refractivity contribution in [2.75, 3.05) is 24.6 Å². The predicted molar refractivity (Wildman–Crippen MR) is 135 cm³/mol. The van der Waals surface area contributed by atoms with Gasteiger partial charge in [0.1, 0.15) is 0 Å². The second-order valence-electron chi connectivity index (χ2n) is 6.52. The van der Waals surface area contributed by atoms with E-state index in [4.69, 9.17) is 0 Å². The average molecular weight is 520 g/mol. The largest absolute Gasteiger partial charge is 0.114 e. The molecule has 0 N–H and O–H groups in total. The molecule has 2 aromatic rings. The fraction of sp³-hybridized carbons (Fsp3) is 0.455. The summed E-state index contributed by atoms with van der Waals surface area (Å²) in [5.41, 5.74) is 3.08. The van der Waals surface area contributed by atoms with E-state index in [0.717, 1.165) is 0 Å². The summed E-state index contributed by atoms with van der Waals surface area (Å²) in [6.45, 7) is 4.69. The van der Waals surface area contributed by atoms with E-state index >= 15 is 0 Å². The van der Waals surface area contributed by atoms with Crippen LogP contribution in [0.1, 0.15) is 37.8 Å². The minimum Gasteiger partial charge on any atom is -0.114 e. The van der Waals surface area contributed by atoms with Crippen molar-refractivity contribution in [2.24, 2.45) is 0 Å². The molecule has 2 aromatic carbocycles. The summed E-state index contributed by atoms with van der Waals surface area (Å²) < 4.78 is 0. The minimum absolute atomic E-state index is 0. The van der Waals surface area contributed by atoms with Crippen LogP contribution in [0.15, 0.2) is 60.7 Å². The summed E-state index contributed by atoms with van der Waals surface area (Å²) in [7, 11) is 0.323. The zero-order valence-corrected chi connectivity index (χ0v) is 21.4. The molecule has 0 fully saturated rings. The maximum absolute atomic E-state index is 2.35. The third kappa shape index (κ3) is 10.6. The Kier molecular flexibility index (Phi) is 16.4. The molecule has 0 aromatic heterocycles. The lowest BCUT2D eigenvalue weighted by Gasteiger charge is -2.22. The van der Waals surface area contributed by atoms with Gasteiger partial charge in [-0.05, 0) is 48.1 Å². The van der Waals surface area contributed by atoms with Gasteiger partial charge in [0, 0.05) is 0 Å². The Bertz CT molecular complexity index is 497. The van der Waals surface area contributed by atoms with E-state index in [9.17, 15) is 0 Å². The van der Waals surface area contributed by atoms with Crippen LogP contribution in [0.2, 0.25) is 0 Å². The van der Waals surface area contributed by atoms with E-state index < -0.39 is 0 Å². The molecule has 0 aliphatic carbocycles. The highest BCUT2D eigenvalue weighted by molar-refractivity contribution is 8.93. The summed E-state index contributed by atoms with van der Waals surface area (Å²) in [6.07, 6.45) is 11.1. The molecule has 0 saturated heterocycles. The molecular weight excluding hydrogens is 486 g/mol. The van der Waals surface area contributed by atoms with Crippen LogP contribution in [0.4, 0.5) is 0 Å². The van der Waals surface area contributed by atoms with E-state index in [0.29, 0.717) is 0 Å². The zero-order valence-electron chi connectivity index (χ0n) is 16.1. The second-order valence-corrected chi connectivity index (χ2v) is 11.6. The Morgan fingerprint density at radius 1 is 0.538 bits per heavy atom. The molecule has 0 spiro atoms. The number of benzene rings is 2. The van der Waals surface area contributed by atoms with Crippen molar-refractivity contribution in [3.8, 4) is 0 Å². The van der Waals surface area contributed by atoms with Gasteiger partial charge in [0.2, 0.25) is 0 Å². The standard InChI is InChI=1S/C22H32P2.2BrH/c1-3-15-23(19-21-11-7-5-8-12-21)17-18-24(16-4-2)20-22-13-9-6-10-14-22;;/h5-14H,3-4,15-20H2,1-2H3;2*1H. The molecule has 0 saturated carbocycles. The van der Waals surface area contributed by atoms with Crippen molar-refractivity contribution in [1.82, 2.24) is 0 Å². The Hall–Kier alpha value is 0.260. The molecule has 26 heavy (non-hydrogen) atoms. The van der Waals surface area contributed by atoms with Crippen molar-refractivity contribution in [2.45, 2.75) is 39.0 Å². The fourth-order valence-electron chi connectivity index (χ4n) is 3.14. The smallest absolute Gasteiger partial charge is 0.00730 e. The van der Waals surface area contributed by atoms with Crippen molar-refractivity contribution in [1.29, 1.82) is 0 Å².